The van der Waals surface area contributed by atoms with Gasteiger partial charge in [0.2, 0.25) is 0 Å². The summed E-state index contributed by atoms with van der Waals surface area (Å²) in [5.74, 6) is -0.702. The largest absolute Gasteiger partial charge is 0.462 e. The predicted octanol–water partition coefficient (Wildman–Crippen LogP) is 2.40. The van der Waals surface area contributed by atoms with E-state index in [0.29, 0.717) is 11.8 Å². The maximum atomic E-state index is 11.4. The maximum Gasteiger partial charge on any atom is 0.343 e. The van der Waals surface area contributed by atoms with Crippen LogP contribution in [0.3, 0.4) is 0 Å². The summed E-state index contributed by atoms with van der Waals surface area (Å²) in [7, 11) is 0. The first kappa shape index (κ1) is 12.5. The van der Waals surface area contributed by atoms with Gasteiger partial charge in [0.1, 0.15) is 5.57 Å². The van der Waals surface area contributed by atoms with Crippen molar-refractivity contribution in [1.29, 1.82) is 0 Å². The molecule has 4 heteroatoms. The summed E-state index contributed by atoms with van der Waals surface area (Å²) < 4.78 is 4.73. The summed E-state index contributed by atoms with van der Waals surface area (Å²) in [4.78, 5) is 22.2. The van der Waals surface area contributed by atoms with Gasteiger partial charge in [-0.15, -0.1) is 0 Å². The molecule has 0 amide bonds. The second kappa shape index (κ2) is 6.08. The van der Waals surface area contributed by atoms with Gasteiger partial charge in [-0.1, -0.05) is 41.9 Å². The van der Waals surface area contributed by atoms with Crippen molar-refractivity contribution in [2.45, 2.75) is 6.92 Å². The number of ether oxygens (including phenoxy) is 1. The SMILES string of the molecule is CCOC(=O)/C(C=O)=C(/Cl)c1ccccc1. The number of carbonyl (C=O) groups excluding carboxylic acids is 2. The first-order valence-electron chi connectivity index (χ1n) is 4.78. The van der Waals surface area contributed by atoms with Crippen molar-refractivity contribution in [2.24, 2.45) is 0 Å². The molecule has 3 nitrogen and oxygen atoms in total. The van der Waals surface area contributed by atoms with Crippen LogP contribution in [0, 0.1) is 0 Å². The molecule has 0 spiro atoms. The number of rotatable bonds is 4. The van der Waals surface area contributed by atoms with Gasteiger partial charge in [-0.3, -0.25) is 4.79 Å². The van der Waals surface area contributed by atoms with Crippen molar-refractivity contribution in [3.8, 4) is 0 Å². The topological polar surface area (TPSA) is 43.4 Å². The molecule has 0 aliphatic carbocycles. The van der Waals surface area contributed by atoms with E-state index < -0.39 is 5.97 Å². The molecule has 1 aromatic carbocycles. The number of halogens is 1. The lowest BCUT2D eigenvalue weighted by molar-refractivity contribution is -0.139. The average molecular weight is 239 g/mol. The lowest BCUT2D eigenvalue weighted by Gasteiger charge is -2.04. The van der Waals surface area contributed by atoms with Gasteiger partial charge in [0.25, 0.3) is 0 Å². The quantitative estimate of drug-likeness (QED) is 0.266. The monoisotopic (exact) mass is 238 g/mol. The smallest absolute Gasteiger partial charge is 0.343 e. The summed E-state index contributed by atoms with van der Waals surface area (Å²) in [6.45, 7) is 1.87. The zero-order chi connectivity index (χ0) is 12.0. The first-order chi connectivity index (χ1) is 7.70. The number of carbonyl (C=O) groups is 2. The minimum absolute atomic E-state index is 0.106. The third kappa shape index (κ3) is 2.94. The van der Waals surface area contributed by atoms with E-state index in [2.05, 4.69) is 0 Å². The molecule has 1 rings (SSSR count). The molecule has 0 radical (unpaired) electrons. The molecule has 84 valence electrons. The van der Waals surface area contributed by atoms with Crippen LogP contribution in [0.5, 0.6) is 0 Å². The highest BCUT2D eigenvalue weighted by molar-refractivity contribution is 6.52. The molecule has 0 bridgehead atoms. The second-order valence-corrected chi connectivity index (χ2v) is 3.31. The Morgan fingerprint density at radius 3 is 2.50 bits per heavy atom. The fraction of sp³-hybridized carbons (Fsp3) is 0.167. The fourth-order valence-electron chi connectivity index (χ4n) is 1.14. The minimum Gasteiger partial charge on any atom is -0.462 e. The van der Waals surface area contributed by atoms with E-state index in [9.17, 15) is 9.59 Å². The Bertz CT molecular complexity index is 410. The van der Waals surface area contributed by atoms with Crippen LogP contribution in [0.2, 0.25) is 0 Å². The van der Waals surface area contributed by atoms with Crippen LogP contribution in [0.1, 0.15) is 12.5 Å². The molecule has 0 saturated carbocycles. The Labute approximate surface area is 98.7 Å². The Hall–Kier alpha value is -1.61. The van der Waals surface area contributed by atoms with Crippen LogP contribution in [-0.2, 0) is 14.3 Å². The second-order valence-electron chi connectivity index (χ2n) is 2.93. The van der Waals surface area contributed by atoms with Crippen LogP contribution < -0.4 is 0 Å². The molecule has 0 N–H and O–H groups in total. The van der Waals surface area contributed by atoms with E-state index in [-0.39, 0.29) is 17.2 Å². The third-order valence-electron chi connectivity index (χ3n) is 1.88. The standard InChI is InChI=1S/C12H11ClO3/c1-2-16-12(15)10(8-14)11(13)9-6-4-3-5-7-9/h3-8H,2H2,1H3/b11-10+. The van der Waals surface area contributed by atoms with Crippen molar-refractivity contribution in [3.05, 3.63) is 41.5 Å². The van der Waals surface area contributed by atoms with E-state index >= 15 is 0 Å². The van der Waals surface area contributed by atoms with Crippen LogP contribution in [0.25, 0.3) is 5.03 Å². The number of esters is 1. The minimum atomic E-state index is -0.702. The zero-order valence-corrected chi connectivity index (χ0v) is 9.53. The van der Waals surface area contributed by atoms with Crippen molar-refractivity contribution < 1.29 is 14.3 Å². The van der Waals surface area contributed by atoms with Gasteiger partial charge >= 0.3 is 5.97 Å². The lowest BCUT2D eigenvalue weighted by atomic mass is 10.1. The van der Waals surface area contributed by atoms with Crippen LogP contribution in [0.4, 0.5) is 0 Å². The van der Waals surface area contributed by atoms with E-state index in [1.165, 1.54) is 0 Å². The van der Waals surface area contributed by atoms with Gasteiger partial charge in [0.15, 0.2) is 6.29 Å². The Kier molecular flexibility index (Phi) is 4.73. The van der Waals surface area contributed by atoms with Gasteiger partial charge < -0.3 is 4.74 Å². The molecule has 0 aromatic heterocycles. The average Bonchev–Trinajstić information content (AvgIpc) is 2.31. The fourth-order valence-corrected chi connectivity index (χ4v) is 1.39. The molecule has 0 saturated heterocycles. The molecule has 0 unspecified atom stereocenters. The summed E-state index contributed by atoms with van der Waals surface area (Å²) in [5, 5.41) is 0.106. The normalized spacial score (nSPS) is 11.6. The van der Waals surface area contributed by atoms with E-state index in [1.807, 2.05) is 6.07 Å². The van der Waals surface area contributed by atoms with Gasteiger partial charge in [-0.25, -0.2) is 4.79 Å². The highest BCUT2D eigenvalue weighted by Crippen LogP contribution is 2.22. The number of aldehydes is 1. The summed E-state index contributed by atoms with van der Waals surface area (Å²) in [6, 6.07) is 8.78. The Balaban J connectivity index is 3.09. The Morgan fingerprint density at radius 1 is 1.38 bits per heavy atom. The third-order valence-corrected chi connectivity index (χ3v) is 2.30. The molecule has 0 fully saturated rings. The van der Waals surface area contributed by atoms with Gasteiger partial charge in [-0.2, -0.15) is 0 Å². The molecule has 0 atom stereocenters. The summed E-state index contributed by atoms with van der Waals surface area (Å²) in [5.41, 5.74) is 0.453. The Morgan fingerprint density at radius 2 is 2.00 bits per heavy atom. The van der Waals surface area contributed by atoms with Gasteiger partial charge in [0, 0.05) is 0 Å². The van der Waals surface area contributed by atoms with Crippen LogP contribution in [0.15, 0.2) is 35.9 Å². The molecule has 0 heterocycles. The molecular formula is C12H11ClO3. The number of benzene rings is 1. The molecule has 0 aliphatic heterocycles. The highest BCUT2D eigenvalue weighted by Gasteiger charge is 2.15. The lowest BCUT2D eigenvalue weighted by Crippen LogP contribution is -2.09. The van der Waals surface area contributed by atoms with E-state index in [0.717, 1.165) is 0 Å². The van der Waals surface area contributed by atoms with Gasteiger partial charge in [-0.05, 0) is 12.5 Å². The molecular weight excluding hydrogens is 228 g/mol. The number of hydrogen-bond donors (Lipinski definition) is 0. The van der Waals surface area contributed by atoms with Crippen molar-refractivity contribution in [1.82, 2.24) is 0 Å². The summed E-state index contributed by atoms with van der Waals surface area (Å²) >= 11 is 5.95. The first-order valence-corrected chi connectivity index (χ1v) is 5.16. The maximum absolute atomic E-state index is 11.4. The zero-order valence-electron chi connectivity index (χ0n) is 8.77. The molecule has 0 aliphatic rings. The van der Waals surface area contributed by atoms with Crippen LogP contribution >= 0.6 is 11.6 Å². The van der Waals surface area contributed by atoms with Crippen molar-refractivity contribution in [2.75, 3.05) is 6.61 Å². The molecule has 16 heavy (non-hydrogen) atoms. The van der Waals surface area contributed by atoms with Crippen molar-refractivity contribution in [3.63, 3.8) is 0 Å². The molecule has 1 aromatic rings. The van der Waals surface area contributed by atoms with E-state index in [4.69, 9.17) is 16.3 Å². The number of hydrogen-bond acceptors (Lipinski definition) is 3. The highest BCUT2D eigenvalue weighted by atomic mass is 35.5. The van der Waals surface area contributed by atoms with Gasteiger partial charge in [0.05, 0.1) is 11.6 Å². The van der Waals surface area contributed by atoms with E-state index in [1.54, 1.807) is 31.2 Å². The van der Waals surface area contributed by atoms with Crippen molar-refractivity contribution >= 4 is 28.9 Å². The predicted molar refractivity (Wildman–Crippen MR) is 61.9 cm³/mol. The summed E-state index contributed by atoms with van der Waals surface area (Å²) in [6.07, 6.45) is 0.410. The van der Waals surface area contributed by atoms with Crippen LogP contribution in [-0.4, -0.2) is 18.9 Å².